The number of hydrogen-bond donors (Lipinski definition) is 1. The number of carbonyl (C=O) groups excluding carboxylic acids is 2. The van der Waals surface area contributed by atoms with Crippen LogP contribution in [0, 0.1) is 0 Å². The predicted molar refractivity (Wildman–Crippen MR) is 107 cm³/mol. The van der Waals surface area contributed by atoms with Crippen molar-refractivity contribution in [1.29, 1.82) is 0 Å². The molecule has 0 aliphatic rings. The van der Waals surface area contributed by atoms with Gasteiger partial charge in [-0.1, -0.05) is 24.3 Å². The average molecular weight is 394 g/mol. The minimum absolute atomic E-state index is 0.281. The summed E-state index contributed by atoms with van der Waals surface area (Å²) in [6, 6.07) is 9.23. The number of nitrogen functional groups attached to an aromatic ring is 1. The monoisotopic (exact) mass is 394 g/mol. The second-order valence-corrected chi connectivity index (χ2v) is 6.25. The molecule has 0 amide bonds. The van der Waals surface area contributed by atoms with Crippen molar-refractivity contribution >= 4 is 34.5 Å². The summed E-state index contributed by atoms with van der Waals surface area (Å²) in [7, 11) is 2.56. The molecule has 9 nitrogen and oxygen atoms in total. The third-order valence-corrected chi connectivity index (χ3v) is 4.40. The molecule has 2 N–H and O–H groups in total. The summed E-state index contributed by atoms with van der Waals surface area (Å²) in [6.45, 7) is -0.686. The highest BCUT2D eigenvalue weighted by atomic mass is 16.5. The minimum Gasteiger partial charge on any atom is -0.454 e. The maximum Gasteiger partial charge on any atom is 0.332 e. The lowest BCUT2D eigenvalue weighted by Crippen LogP contribution is -2.42. The number of pyridine rings is 1. The molecule has 0 saturated carbocycles. The average Bonchev–Trinajstić information content (AvgIpc) is 2.73. The number of nitrogens with two attached hydrogens (primary N) is 1. The molecule has 0 spiro atoms. The third kappa shape index (κ3) is 3.84. The van der Waals surface area contributed by atoms with Crippen LogP contribution in [0.1, 0.15) is 15.9 Å². The Morgan fingerprint density at radius 2 is 1.86 bits per heavy atom. The number of para-hydroxylation sites is 1. The zero-order chi connectivity index (χ0) is 21.1. The first-order chi connectivity index (χ1) is 13.8. The van der Waals surface area contributed by atoms with Crippen LogP contribution < -0.4 is 17.0 Å². The van der Waals surface area contributed by atoms with Crippen molar-refractivity contribution in [3.63, 3.8) is 0 Å². The molecule has 148 valence electrons. The van der Waals surface area contributed by atoms with E-state index in [0.29, 0.717) is 5.56 Å². The van der Waals surface area contributed by atoms with Gasteiger partial charge in [0.15, 0.2) is 6.61 Å². The number of ether oxygens (including phenoxy) is 1. The van der Waals surface area contributed by atoms with Gasteiger partial charge in [0.05, 0.1) is 5.52 Å². The number of Topliss-reactive ketones (excluding diaryl/α,β-unsaturated/α-hetero) is 1. The molecule has 9 heteroatoms. The van der Waals surface area contributed by atoms with Gasteiger partial charge in [0.1, 0.15) is 11.4 Å². The molecule has 0 aliphatic heterocycles. The summed E-state index contributed by atoms with van der Waals surface area (Å²) in [5.74, 6) is -1.85. The van der Waals surface area contributed by atoms with Gasteiger partial charge in [-0.2, -0.15) is 0 Å². The molecule has 0 bridgehead atoms. The Kier molecular flexibility index (Phi) is 5.40. The SMILES string of the molecule is Cn1c(N)c(C(=O)COC(=O)/C=C/c2cccc3cccnc23)c(=O)n(C)c1=O. The highest BCUT2D eigenvalue weighted by Gasteiger charge is 2.21. The van der Waals surface area contributed by atoms with E-state index in [-0.39, 0.29) is 5.82 Å². The summed E-state index contributed by atoms with van der Waals surface area (Å²) in [6.07, 6.45) is 4.34. The standard InChI is InChI=1S/C20H18N4O5/c1-23-18(21)16(19(27)24(2)20(23)28)14(25)11-29-15(26)9-8-13-6-3-5-12-7-4-10-22-17(12)13/h3-10H,11,21H2,1-2H3/b9-8+. The van der Waals surface area contributed by atoms with Crippen molar-refractivity contribution in [2.75, 3.05) is 12.3 Å². The van der Waals surface area contributed by atoms with Gasteiger partial charge in [-0.3, -0.25) is 23.7 Å². The van der Waals surface area contributed by atoms with Gasteiger partial charge in [-0.25, -0.2) is 9.59 Å². The number of ketones is 1. The molecule has 0 atom stereocenters. The first-order valence-electron chi connectivity index (χ1n) is 8.58. The molecule has 2 aromatic heterocycles. The number of hydrogen-bond acceptors (Lipinski definition) is 7. The summed E-state index contributed by atoms with van der Waals surface area (Å²) < 4.78 is 6.66. The van der Waals surface area contributed by atoms with Gasteiger partial charge in [-0.05, 0) is 12.1 Å². The van der Waals surface area contributed by atoms with Crippen molar-refractivity contribution in [1.82, 2.24) is 14.1 Å². The third-order valence-electron chi connectivity index (χ3n) is 4.40. The number of carbonyl (C=O) groups is 2. The molecule has 0 unspecified atom stereocenters. The molecule has 0 radical (unpaired) electrons. The van der Waals surface area contributed by atoms with E-state index in [0.717, 1.165) is 20.0 Å². The minimum atomic E-state index is -0.843. The van der Waals surface area contributed by atoms with Gasteiger partial charge in [-0.15, -0.1) is 0 Å². The Balaban J connectivity index is 1.75. The molecule has 0 aliphatic carbocycles. The Bertz CT molecular complexity index is 1260. The maximum absolute atomic E-state index is 12.3. The van der Waals surface area contributed by atoms with E-state index in [1.165, 1.54) is 26.2 Å². The van der Waals surface area contributed by atoms with Crippen molar-refractivity contribution in [2.24, 2.45) is 14.1 Å². The van der Waals surface area contributed by atoms with Gasteiger partial charge in [0.2, 0.25) is 5.78 Å². The van der Waals surface area contributed by atoms with Crippen LogP contribution in [0.3, 0.4) is 0 Å². The van der Waals surface area contributed by atoms with Gasteiger partial charge >= 0.3 is 11.7 Å². The highest BCUT2D eigenvalue weighted by molar-refractivity contribution is 6.02. The molecule has 1 aromatic carbocycles. The molecule has 3 aromatic rings. The van der Waals surface area contributed by atoms with E-state index >= 15 is 0 Å². The Morgan fingerprint density at radius 3 is 2.62 bits per heavy atom. The Hall–Kier alpha value is -4.01. The molecular weight excluding hydrogens is 376 g/mol. The summed E-state index contributed by atoms with van der Waals surface area (Å²) >= 11 is 0. The van der Waals surface area contributed by atoms with Crippen LogP contribution in [0.2, 0.25) is 0 Å². The first-order valence-corrected chi connectivity index (χ1v) is 8.58. The van der Waals surface area contributed by atoms with E-state index in [4.69, 9.17) is 10.5 Å². The number of nitrogens with zero attached hydrogens (tertiary/aromatic N) is 3. The van der Waals surface area contributed by atoms with E-state index in [1.54, 1.807) is 12.3 Å². The Morgan fingerprint density at radius 1 is 1.14 bits per heavy atom. The van der Waals surface area contributed by atoms with Crippen LogP contribution in [0.15, 0.2) is 52.2 Å². The fraction of sp³-hybridized carbons (Fsp3) is 0.150. The van der Waals surface area contributed by atoms with E-state index < -0.39 is 35.2 Å². The van der Waals surface area contributed by atoms with Crippen molar-refractivity contribution in [3.05, 3.63) is 74.6 Å². The summed E-state index contributed by atoms with van der Waals surface area (Å²) in [4.78, 5) is 52.6. The van der Waals surface area contributed by atoms with Crippen LogP contribution in [-0.4, -0.2) is 32.5 Å². The zero-order valence-electron chi connectivity index (χ0n) is 15.8. The van der Waals surface area contributed by atoms with Crippen molar-refractivity contribution in [3.8, 4) is 0 Å². The predicted octanol–water partition coefficient (Wildman–Crippen LogP) is 0.654. The molecule has 29 heavy (non-hydrogen) atoms. The number of anilines is 1. The largest absolute Gasteiger partial charge is 0.454 e. The molecule has 3 rings (SSSR count). The lowest BCUT2D eigenvalue weighted by Gasteiger charge is -2.10. The zero-order valence-corrected chi connectivity index (χ0v) is 15.8. The summed E-state index contributed by atoms with van der Waals surface area (Å²) in [5.41, 5.74) is 5.24. The van der Waals surface area contributed by atoms with Crippen LogP contribution in [0.4, 0.5) is 5.82 Å². The van der Waals surface area contributed by atoms with E-state index in [1.807, 2.05) is 24.3 Å². The quantitative estimate of drug-likeness (QED) is 0.382. The second-order valence-electron chi connectivity index (χ2n) is 6.25. The first kappa shape index (κ1) is 19.7. The number of aromatic nitrogens is 3. The fourth-order valence-corrected chi connectivity index (χ4v) is 2.80. The Labute approximate surface area is 164 Å². The van der Waals surface area contributed by atoms with Gasteiger partial charge in [0.25, 0.3) is 5.56 Å². The number of esters is 1. The lowest BCUT2D eigenvalue weighted by atomic mass is 10.1. The molecule has 2 heterocycles. The smallest absolute Gasteiger partial charge is 0.332 e. The molecule has 0 fully saturated rings. The fourth-order valence-electron chi connectivity index (χ4n) is 2.80. The second kappa shape index (κ2) is 7.93. The topological polar surface area (TPSA) is 126 Å². The molecular formula is C20H18N4O5. The van der Waals surface area contributed by atoms with Crippen molar-refractivity contribution in [2.45, 2.75) is 0 Å². The molecule has 0 saturated heterocycles. The van der Waals surface area contributed by atoms with Crippen LogP contribution in [0.5, 0.6) is 0 Å². The van der Waals surface area contributed by atoms with E-state index in [2.05, 4.69) is 4.98 Å². The van der Waals surface area contributed by atoms with Gasteiger partial charge < -0.3 is 10.5 Å². The lowest BCUT2D eigenvalue weighted by molar-refractivity contribution is -0.136. The van der Waals surface area contributed by atoms with Crippen molar-refractivity contribution < 1.29 is 14.3 Å². The number of rotatable bonds is 5. The summed E-state index contributed by atoms with van der Waals surface area (Å²) in [5, 5.41) is 0.916. The van der Waals surface area contributed by atoms with Crippen LogP contribution >= 0.6 is 0 Å². The normalized spacial score (nSPS) is 11.1. The van der Waals surface area contributed by atoms with Gasteiger partial charge in [0, 0.05) is 37.3 Å². The maximum atomic E-state index is 12.3. The number of benzene rings is 1. The van der Waals surface area contributed by atoms with E-state index in [9.17, 15) is 19.2 Å². The highest BCUT2D eigenvalue weighted by Crippen LogP contribution is 2.17. The van der Waals surface area contributed by atoms with Crippen LogP contribution in [0.25, 0.3) is 17.0 Å². The number of fused-ring (bicyclic) bond motifs is 1. The van der Waals surface area contributed by atoms with Crippen LogP contribution in [-0.2, 0) is 23.6 Å².